The molecule has 0 fully saturated rings. The highest BCUT2D eigenvalue weighted by molar-refractivity contribution is 7.98. The van der Waals surface area contributed by atoms with Crippen LogP contribution in [0.3, 0.4) is 0 Å². The van der Waals surface area contributed by atoms with Gasteiger partial charge in [0.15, 0.2) is 11.6 Å². The van der Waals surface area contributed by atoms with Crippen LogP contribution in [0.25, 0.3) is 5.57 Å². The number of halogens is 2. The first-order valence-corrected chi connectivity index (χ1v) is 9.85. The Hall–Kier alpha value is -3.13. The number of allylic oxidation sites excluding steroid dienone is 1. The van der Waals surface area contributed by atoms with Crippen molar-refractivity contribution in [1.29, 1.82) is 5.41 Å². The summed E-state index contributed by atoms with van der Waals surface area (Å²) in [7, 11) is 3.24. The highest BCUT2D eigenvalue weighted by atomic mass is 32.2. The Kier molecular flexibility index (Phi) is 6.03. The molecule has 0 radical (unpaired) electrons. The Morgan fingerprint density at radius 2 is 1.90 bits per heavy atom. The number of amides is 1. The average molecular weight is 415 g/mol. The minimum atomic E-state index is -0.833. The summed E-state index contributed by atoms with van der Waals surface area (Å²) in [5, 5.41) is 11.3. The van der Waals surface area contributed by atoms with Crippen molar-refractivity contribution in [2.45, 2.75) is 4.90 Å². The molecule has 0 spiro atoms. The SMILES string of the molecule is CN/C=C1\C(=N)C(c2cc(SC)ccc2Oc2ccc(F)cc2F)=CN(C)C1=O. The molecule has 0 aromatic heterocycles. The van der Waals surface area contributed by atoms with Gasteiger partial charge >= 0.3 is 0 Å². The van der Waals surface area contributed by atoms with E-state index in [0.717, 1.165) is 17.0 Å². The highest BCUT2D eigenvalue weighted by Gasteiger charge is 2.29. The quantitative estimate of drug-likeness (QED) is 0.561. The number of thioether (sulfide) groups is 1. The molecule has 3 rings (SSSR count). The van der Waals surface area contributed by atoms with Gasteiger partial charge in [0.05, 0.1) is 11.3 Å². The van der Waals surface area contributed by atoms with Gasteiger partial charge in [0.1, 0.15) is 11.6 Å². The average Bonchev–Trinajstić information content (AvgIpc) is 2.70. The van der Waals surface area contributed by atoms with Crippen molar-refractivity contribution in [3.8, 4) is 11.5 Å². The topological polar surface area (TPSA) is 65.4 Å². The van der Waals surface area contributed by atoms with Crippen LogP contribution in [0.15, 0.2) is 59.3 Å². The number of hydrogen-bond acceptors (Lipinski definition) is 5. The molecule has 0 aliphatic carbocycles. The third-order valence-electron chi connectivity index (χ3n) is 4.29. The fourth-order valence-electron chi connectivity index (χ4n) is 2.85. The van der Waals surface area contributed by atoms with E-state index in [1.54, 1.807) is 32.4 Å². The summed E-state index contributed by atoms with van der Waals surface area (Å²) in [4.78, 5) is 14.7. The van der Waals surface area contributed by atoms with E-state index in [-0.39, 0.29) is 28.7 Å². The first kappa shape index (κ1) is 20.6. The lowest BCUT2D eigenvalue weighted by molar-refractivity contribution is -0.123. The van der Waals surface area contributed by atoms with Gasteiger partial charge in [0.25, 0.3) is 5.91 Å². The summed E-state index contributed by atoms with van der Waals surface area (Å²) in [6.45, 7) is 0. The number of ether oxygens (including phenoxy) is 1. The van der Waals surface area contributed by atoms with E-state index in [0.29, 0.717) is 11.1 Å². The van der Waals surface area contributed by atoms with Gasteiger partial charge in [0.2, 0.25) is 0 Å². The van der Waals surface area contributed by atoms with Crippen LogP contribution in [0.2, 0.25) is 0 Å². The molecule has 5 nitrogen and oxygen atoms in total. The lowest BCUT2D eigenvalue weighted by Gasteiger charge is -2.25. The summed E-state index contributed by atoms with van der Waals surface area (Å²) in [6, 6.07) is 8.33. The zero-order chi connectivity index (χ0) is 21.1. The fourth-order valence-corrected chi connectivity index (χ4v) is 3.29. The van der Waals surface area contributed by atoms with Crippen LogP contribution in [0.1, 0.15) is 5.56 Å². The minimum absolute atomic E-state index is 0.0186. The Bertz CT molecular complexity index is 1050. The van der Waals surface area contributed by atoms with E-state index < -0.39 is 11.6 Å². The summed E-state index contributed by atoms with van der Waals surface area (Å²) < 4.78 is 33.1. The smallest absolute Gasteiger partial charge is 0.261 e. The predicted molar refractivity (Wildman–Crippen MR) is 110 cm³/mol. The molecule has 1 heterocycles. The van der Waals surface area contributed by atoms with Gasteiger partial charge < -0.3 is 15.0 Å². The largest absolute Gasteiger partial charge is 0.454 e. The first-order valence-electron chi connectivity index (χ1n) is 8.62. The Morgan fingerprint density at radius 1 is 1.17 bits per heavy atom. The third-order valence-corrected chi connectivity index (χ3v) is 5.02. The Morgan fingerprint density at radius 3 is 2.55 bits per heavy atom. The Labute approximate surface area is 171 Å². The van der Waals surface area contributed by atoms with Gasteiger partial charge in [0, 0.05) is 48.6 Å². The lowest BCUT2D eigenvalue weighted by atomic mass is 9.93. The fraction of sp³-hybridized carbons (Fsp3) is 0.143. The van der Waals surface area contributed by atoms with Gasteiger partial charge in [-0.05, 0) is 36.6 Å². The number of nitrogens with zero attached hydrogens (tertiary/aromatic N) is 1. The number of benzene rings is 2. The molecule has 1 aliphatic heterocycles. The van der Waals surface area contributed by atoms with E-state index in [1.165, 1.54) is 28.9 Å². The monoisotopic (exact) mass is 415 g/mol. The van der Waals surface area contributed by atoms with Crippen molar-refractivity contribution in [2.75, 3.05) is 20.4 Å². The predicted octanol–water partition coefficient (Wildman–Crippen LogP) is 4.41. The molecule has 0 unspecified atom stereocenters. The Balaban J connectivity index is 2.12. The number of carbonyl (C=O) groups excluding carboxylic acids is 1. The first-order chi connectivity index (χ1) is 13.8. The normalized spacial score (nSPS) is 15.6. The third kappa shape index (κ3) is 4.17. The molecule has 2 aromatic rings. The maximum Gasteiger partial charge on any atom is 0.261 e. The second kappa shape index (κ2) is 8.48. The molecule has 0 bridgehead atoms. The van der Waals surface area contributed by atoms with Gasteiger partial charge in [-0.3, -0.25) is 10.2 Å². The number of likely N-dealkylation sites (N-methyl/N-ethyl adjacent to an activating group) is 1. The molecule has 29 heavy (non-hydrogen) atoms. The van der Waals surface area contributed by atoms with Crippen LogP contribution >= 0.6 is 11.8 Å². The van der Waals surface area contributed by atoms with Crippen molar-refractivity contribution >= 4 is 29.0 Å². The molecule has 0 saturated heterocycles. The van der Waals surface area contributed by atoms with Gasteiger partial charge in [-0.25, -0.2) is 8.78 Å². The highest BCUT2D eigenvalue weighted by Crippen LogP contribution is 2.37. The summed E-state index contributed by atoms with van der Waals surface area (Å²) >= 11 is 1.50. The van der Waals surface area contributed by atoms with Crippen molar-refractivity contribution in [3.05, 3.63) is 71.6 Å². The second-order valence-corrected chi connectivity index (χ2v) is 7.10. The molecule has 1 aliphatic rings. The maximum absolute atomic E-state index is 14.1. The van der Waals surface area contributed by atoms with Gasteiger partial charge in [-0.15, -0.1) is 11.8 Å². The molecule has 2 aromatic carbocycles. The zero-order valence-electron chi connectivity index (χ0n) is 16.0. The summed E-state index contributed by atoms with van der Waals surface area (Å²) in [5.74, 6) is -1.70. The molecule has 8 heteroatoms. The van der Waals surface area contributed by atoms with Crippen molar-refractivity contribution in [1.82, 2.24) is 10.2 Å². The summed E-state index contributed by atoms with van der Waals surface area (Å²) in [5.41, 5.74) is 1.18. The summed E-state index contributed by atoms with van der Waals surface area (Å²) in [6.07, 6.45) is 4.92. The number of carbonyl (C=O) groups is 1. The van der Waals surface area contributed by atoms with Crippen LogP contribution in [0.4, 0.5) is 8.78 Å². The van der Waals surface area contributed by atoms with E-state index in [4.69, 9.17) is 10.1 Å². The molecular weight excluding hydrogens is 396 g/mol. The lowest BCUT2D eigenvalue weighted by Crippen LogP contribution is -2.33. The van der Waals surface area contributed by atoms with Crippen LogP contribution < -0.4 is 10.1 Å². The van der Waals surface area contributed by atoms with Crippen LogP contribution in [-0.2, 0) is 4.79 Å². The van der Waals surface area contributed by atoms with Crippen molar-refractivity contribution < 1.29 is 18.3 Å². The molecule has 0 atom stereocenters. The molecule has 150 valence electrons. The molecule has 0 saturated carbocycles. The zero-order valence-corrected chi connectivity index (χ0v) is 16.9. The van der Waals surface area contributed by atoms with E-state index in [9.17, 15) is 13.6 Å². The molecule has 2 N–H and O–H groups in total. The van der Waals surface area contributed by atoms with Crippen LogP contribution in [-0.4, -0.2) is 36.9 Å². The minimum Gasteiger partial charge on any atom is -0.454 e. The van der Waals surface area contributed by atoms with E-state index >= 15 is 0 Å². The maximum atomic E-state index is 14.1. The van der Waals surface area contributed by atoms with E-state index in [2.05, 4.69) is 5.32 Å². The van der Waals surface area contributed by atoms with Gasteiger partial charge in [-0.1, -0.05) is 0 Å². The second-order valence-electron chi connectivity index (χ2n) is 6.22. The van der Waals surface area contributed by atoms with Crippen molar-refractivity contribution in [3.63, 3.8) is 0 Å². The number of nitrogens with one attached hydrogen (secondary N) is 2. The number of rotatable bonds is 5. The van der Waals surface area contributed by atoms with Crippen LogP contribution in [0, 0.1) is 17.0 Å². The van der Waals surface area contributed by atoms with Gasteiger partial charge in [-0.2, -0.15) is 0 Å². The standard InChI is InChI=1S/C21H19F2N3O2S/c1-25-10-15-20(24)16(11-26(2)21(15)27)14-9-13(29-3)5-7-18(14)28-19-6-4-12(22)8-17(19)23/h4-11,24-25H,1-3H3/b15-10+,24-20?. The molecule has 1 amide bonds. The van der Waals surface area contributed by atoms with Crippen molar-refractivity contribution in [2.24, 2.45) is 0 Å². The van der Waals surface area contributed by atoms with E-state index in [1.807, 2.05) is 12.3 Å². The van der Waals surface area contributed by atoms with Crippen LogP contribution in [0.5, 0.6) is 11.5 Å². The number of hydrogen-bond donors (Lipinski definition) is 2. The molecular formula is C21H19F2N3O2S.